The van der Waals surface area contributed by atoms with E-state index >= 15 is 0 Å². The fraction of sp³-hybridized carbons (Fsp3) is 0.867. The second kappa shape index (κ2) is 4.93. The molecule has 5 heteroatoms. The summed E-state index contributed by atoms with van der Waals surface area (Å²) in [6.45, 7) is 2.29. The van der Waals surface area contributed by atoms with Crippen LogP contribution in [0.3, 0.4) is 0 Å². The van der Waals surface area contributed by atoms with Crippen molar-refractivity contribution in [2.75, 3.05) is 6.54 Å². The molecule has 4 bridgehead atoms. The number of hydrogen-bond acceptors (Lipinski definition) is 2. The second-order valence-electron chi connectivity index (χ2n) is 7.39. The summed E-state index contributed by atoms with van der Waals surface area (Å²) in [5.41, 5.74) is 5.48. The third-order valence-electron chi connectivity index (χ3n) is 5.52. The molecule has 0 aromatic heterocycles. The van der Waals surface area contributed by atoms with Crippen LogP contribution < -0.4 is 16.4 Å². The number of amides is 2. The Hall–Kier alpha value is -1.26. The molecule has 0 heterocycles. The van der Waals surface area contributed by atoms with Crippen molar-refractivity contribution in [2.24, 2.45) is 29.4 Å². The topological polar surface area (TPSA) is 91.0 Å². The van der Waals surface area contributed by atoms with E-state index in [0.717, 1.165) is 37.0 Å². The predicted molar refractivity (Wildman–Crippen MR) is 78.5 cm³/mol. The van der Waals surface area contributed by atoms with E-state index in [1.165, 1.54) is 19.3 Å². The minimum Gasteiger partial charge on any atom is -0.387 e. The summed E-state index contributed by atoms with van der Waals surface area (Å²) in [4.78, 5) is 12.1. The molecule has 0 radical (unpaired) electrons. The number of nitrogens with two attached hydrogens (primary N) is 1. The van der Waals surface area contributed by atoms with Crippen molar-refractivity contribution in [3.05, 3.63) is 0 Å². The monoisotopic (exact) mass is 278 g/mol. The Morgan fingerprint density at radius 2 is 1.75 bits per heavy atom. The summed E-state index contributed by atoms with van der Waals surface area (Å²) in [5.74, 6) is 2.52. The first-order valence-corrected chi connectivity index (χ1v) is 7.86. The molecule has 2 amide bonds. The lowest BCUT2D eigenvalue weighted by atomic mass is 9.53. The van der Waals surface area contributed by atoms with Gasteiger partial charge in [-0.3, -0.25) is 5.41 Å². The summed E-state index contributed by atoms with van der Waals surface area (Å²) in [6, 6.07) is -0.0833. The molecule has 0 spiro atoms. The van der Waals surface area contributed by atoms with Gasteiger partial charge in [0.2, 0.25) is 0 Å². The zero-order valence-electron chi connectivity index (χ0n) is 12.2. The van der Waals surface area contributed by atoms with E-state index in [1.54, 1.807) is 0 Å². The van der Waals surface area contributed by atoms with Crippen molar-refractivity contribution < 1.29 is 4.79 Å². The maximum Gasteiger partial charge on any atom is 0.315 e. The smallest absolute Gasteiger partial charge is 0.315 e. The number of amidine groups is 1. The average molecular weight is 278 g/mol. The van der Waals surface area contributed by atoms with Crippen molar-refractivity contribution in [2.45, 2.75) is 51.0 Å². The largest absolute Gasteiger partial charge is 0.387 e. The number of carbonyl (C=O) groups excluding carboxylic acids is 1. The zero-order chi connectivity index (χ0) is 14.3. The fourth-order valence-corrected chi connectivity index (χ4v) is 4.90. The van der Waals surface area contributed by atoms with Crippen LogP contribution in [0.5, 0.6) is 0 Å². The number of carbonyl (C=O) groups is 1. The first kappa shape index (κ1) is 13.7. The van der Waals surface area contributed by atoms with Crippen LogP contribution in [0, 0.1) is 29.1 Å². The number of rotatable bonds is 4. The molecule has 0 aromatic rings. The standard InChI is InChI=1S/C15H26N4O/c1-9(13(16)17)8-18-14(20)19-15-5-10-2-11(6-15)4-12(3-10)7-15/h9-12H,2-8H2,1H3,(H3,16,17)(H2,18,19,20). The Morgan fingerprint density at radius 3 is 2.20 bits per heavy atom. The molecule has 4 aliphatic rings. The van der Waals surface area contributed by atoms with Crippen molar-refractivity contribution in [1.82, 2.24) is 10.6 Å². The first-order valence-electron chi connectivity index (χ1n) is 7.86. The first-order chi connectivity index (χ1) is 9.46. The van der Waals surface area contributed by atoms with Crippen LogP contribution in [0.15, 0.2) is 0 Å². The summed E-state index contributed by atoms with van der Waals surface area (Å²) in [6.07, 6.45) is 7.62. The number of urea groups is 1. The predicted octanol–water partition coefficient (Wildman–Crippen LogP) is 1.83. The normalized spacial score (nSPS) is 39.4. The van der Waals surface area contributed by atoms with E-state index in [4.69, 9.17) is 11.1 Å². The van der Waals surface area contributed by atoms with E-state index < -0.39 is 0 Å². The van der Waals surface area contributed by atoms with E-state index in [1.807, 2.05) is 6.92 Å². The Labute approximate surface area is 120 Å². The van der Waals surface area contributed by atoms with Crippen LogP contribution in [0.1, 0.15) is 45.4 Å². The quantitative estimate of drug-likeness (QED) is 0.467. The zero-order valence-corrected chi connectivity index (χ0v) is 12.2. The third kappa shape index (κ3) is 2.63. The summed E-state index contributed by atoms with van der Waals surface area (Å²) < 4.78 is 0. The van der Waals surface area contributed by atoms with Crippen molar-refractivity contribution in [3.8, 4) is 0 Å². The van der Waals surface area contributed by atoms with Gasteiger partial charge in [-0.25, -0.2) is 4.79 Å². The van der Waals surface area contributed by atoms with Gasteiger partial charge in [0.15, 0.2) is 0 Å². The second-order valence-corrected chi connectivity index (χ2v) is 7.39. The van der Waals surface area contributed by atoms with Gasteiger partial charge in [0.1, 0.15) is 0 Å². The Bertz CT molecular complexity index is 385. The molecular formula is C15H26N4O. The molecule has 0 aromatic carbocycles. The maximum absolute atomic E-state index is 12.1. The fourth-order valence-electron chi connectivity index (χ4n) is 4.90. The molecule has 112 valence electrons. The lowest BCUT2D eigenvalue weighted by Crippen LogP contribution is -2.61. The van der Waals surface area contributed by atoms with Gasteiger partial charge >= 0.3 is 6.03 Å². The van der Waals surface area contributed by atoms with Gasteiger partial charge in [0.05, 0.1) is 5.84 Å². The van der Waals surface area contributed by atoms with E-state index in [2.05, 4.69) is 10.6 Å². The van der Waals surface area contributed by atoms with Crippen LogP contribution in [0.2, 0.25) is 0 Å². The molecule has 5 nitrogen and oxygen atoms in total. The average Bonchev–Trinajstić information content (AvgIpc) is 2.33. The molecule has 4 fully saturated rings. The van der Waals surface area contributed by atoms with E-state index in [-0.39, 0.29) is 23.3 Å². The van der Waals surface area contributed by atoms with E-state index in [0.29, 0.717) is 6.54 Å². The van der Waals surface area contributed by atoms with Gasteiger partial charge in [-0.15, -0.1) is 0 Å². The van der Waals surface area contributed by atoms with Gasteiger partial charge < -0.3 is 16.4 Å². The number of hydrogen-bond donors (Lipinski definition) is 4. The van der Waals surface area contributed by atoms with Crippen LogP contribution in [-0.4, -0.2) is 24.0 Å². The van der Waals surface area contributed by atoms with Gasteiger partial charge in [0, 0.05) is 18.0 Å². The Balaban J connectivity index is 1.55. The van der Waals surface area contributed by atoms with E-state index in [9.17, 15) is 4.79 Å². The summed E-state index contributed by atoms with van der Waals surface area (Å²) >= 11 is 0. The minimum atomic E-state index is -0.0999. The highest BCUT2D eigenvalue weighted by Crippen LogP contribution is 2.55. The lowest BCUT2D eigenvalue weighted by molar-refractivity contribution is -0.0135. The van der Waals surface area contributed by atoms with Gasteiger partial charge in [-0.05, 0) is 56.3 Å². The van der Waals surface area contributed by atoms with Gasteiger partial charge in [-0.1, -0.05) is 6.92 Å². The summed E-state index contributed by atoms with van der Waals surface area (Å²) in [5, 5.41) is 13.5. The lowest BCUT2D eigenvalue weighted by Gasteiger charge is -2.56. The molecule has 1 atom stereocenters. The molecule has 0 aliphatic heterocycles. The van der Waals surface area contributed by atoms with Crippen molar-refractivity contribution in [1.29, 1.82) is 5.41 Å². The number of nitrogens with one attached hydrogen (secondary N) is 3. The molecule has 4 aliphatic carbocycles. The maximum atomic E-state index is 12.1. The molecule has 0 saturated heterocycles. The summed E-state index contributed by atoms with van der Waals surface area (Å²) in [7, 11) is 0. The van der Waals surface area contributed by atoms with Gasteiger partial charge in [-0.2, -0.15) is 0 Å². The minimum absolute atomic E-state index is 0.0539. The Kier molecular flexibility index (Phi) is 3.38. The van der Waals surface area contributed by atoms with Crippen LogP contribution >= 0.6 is 0 Å². The van der Waals surface area contributed by atoms with Gasteiger partial charge in [0.25, 0.3) is 0 Å². The molecule has 4 rings (SSSR count). The van der Waals surface area contributed by atoms with Crippen LogP contribution in [0.25, 0.3) is 0 Å². The SMILES string of the molecule is CC(CNC(=O)NC12CC3CC(CC(C3)C1)C2)C(=N)N. The van der Waals surface area contributed by atoms with Crippen molar-refractivity contribution in [3.63, 3.8) is 0 Å². The highest BCUT2D eigenvalue weighted by atomic mass is 16.2. The highest BCUT2D eigenvalue weighted by molar-refractivity contribution is 5.81. The third-order valence-corrected chi connectivity index (χ3v) is 5.52. The highest BCUT2D eigenvalue weighted by Gasteiger charge is 2.51. The van der Waals surface area contributed by atoms with Crippen LogP contribution in [0.4, 0.5) is 4.79 Å². The van der Waals surface area contributed by atoms with Crippen molar-refractivity contribution >= 4 is 11.9 Å². The molecule has 20 heavy (non-hydrogen) atoms. The van der Waals surface area contributed by atoms with Crippen LogP contribution in [-0.2, 0) is 0 Å². The molecule has 5 N–H and O–H groups in total. The molecular weight excluding hydrogens is 252 g/mol. The Morgan fingerprint density at radius 1 is 1.25 bits per heavy atom. The molecule has 4 saturated carbocycles. The molecule has 1 unspecified atom stereocenters.